The number of hydrogen-bond acceptors (Lipinski definition) is 8. The summed E-state index contributed by atoms with van der Waals surface area (Å²) < 4.78 is 46.8. The van der Waals surface area contributed by atoms with Gasteiger partial charge in [-0.15, -0.1) is 0 Å². The number of hydrogen-bond donors (Lipinski definition) is 4. The zero-order valence-corrected chi connectivity index (χ0v) is 25.7. The molecule has 0 aromatic heterocycles. The zero-order valence-electron chi connectivity index (χ0n) is 25.7. The summed E-state index contributed by atoms with van der Waals surface area (Å²) in [5, 5.41) is 13.8. The Kier molecular flexibility index (Phi) is 14.6. The molecule has 0 radical (unpaired) electrons. The van der Waals surface area contributed by atoms with E-state index in [4.69, 9.17) is 25.7 Å². The third-order valence-electron chi connectivity index (χ3n) is 7.21. The molecule has 0 aliphatic heterocycles. The van der Waals surface area contributed by atoms with E-state index in [0.29, 0.717) is 13.0 Å². The van der Waals surface area contributed by atoms with E-state index in [1.165, 1.54) is 24.1 Å². The first-order valence-corrected chi connectivity index (χ1v) is 14.0. The minimum absolute atomic E-state index is 0.00460. The highest BCUT2D eigenvalue weighted by atomic mass is 19.2. The van der Waals surface area contributed by atoms with Crippen LogP contribution in [0, 0.1) is 23.1 Å². The molecule has 1 aromatic rings. The molecule has 0 saturated carbocycles. The Hall–Kier alpha value is -2.38. The summed E-state index contributed by atoms with van der Waals surface area (Å²) in [5.41, 5.74) is 10.8. The molecule has 2 amide bonds. The van der Waals surface area contributed by atoms with Crippen molar-refractivity contribution in [3.63, 3.8) is 0 Å². The number of aliphatic hydroxyl groups is 1. The van der Waals surface area contributed by atoms with Crippen LogP contribution < -0.4 is 21.5 Å². The fourth-order valence-electron chi connectivity index (χ4n) is 4.24. The number of benzene rings is 1. The fraction of sp³-hybridized carbons (Fsp3) is 0.724. The molecular formula is C29H50F2N4O6. The number of halogens is 2. The lowest BCUT2D eigenvalue weighted by Crippen LogP contribution is -2.55. The maximum Gasteiger partial charge on any atom is 0.296 e. The van der Waals surface area contributed by atoms with Crippen LogP contribution in [-0.2, 0) is 25.0 Å². The summed E-state index contributed by atoms with van der Waals surface area (Å²) in [5.74, 6) is -4.98. The molecule has 0 aliphatic carbocycles. The molecule has 0 aliphatic rings. The van der Waals surface area contributed by atoms with Crippen molar-refractivity contribution in [1.82, 2.24) is 10.2 Å². The zero-order chi connectivity index (χ0) is 31.5. The first-order valence-electron chi connectivity index (χ1n) is 14.0. The molecule has 6 N–H and O–H groups in total. The van der Waals surface area contributed by atoms with E-state index < -0.39 is 47.2 Å². The first kappa shape index (κ1) is 36.6. The maximum atomic E-state index is 16.6. The van der Waals surface area contributed by atoms with Gasteiger partial charge in [0, 0.05) is 63.9 Å². The van der Waals surface area contributed by atoms with Crippen molar-refractivity contribution in [1.29, 1.82) is 0 Å². The van der Waals surface area contributed by atoms with Crippen molar-refractivity contribution >= 4 is 11.8 Å². The normalized spacial score (nSPS) is 16.0. The quantitative estimate of drug-likeness (QED) is 0.110. The van der Waals surface area contributed by atoms with E-state index in [1.807, 2.05) is 13.8 Å². The van der Waals surface area contributed by atoms with Crippen molar-refractivity contribution in [3.05, 3.63) is 29.6 Å². The van der Waals surface area contributed by atoms with E-state index >= 15 is 4.39 Å². The predicted octanol–water partition coefficient (Wildman–Crippen LogP) is 2.66. The third kappa shape index (κ3) is 10.4. The number of carbonyl (C=O) groups is 2. The van der Waals surface area contributed by atoms with Crippen LogP contribution in [0.5, 0.6) is 5.75 Å². The fourth-order valence-corrected chi connectivity index (χ4v) is 4.24. The highest BCUT2D eigenvalue weighted by Gasteiger charge is 2.43. The maximum absolute atomic E-state index is 16.6. The number of carbonyl (C=O) groups excluding carboxylic acids is 2. The number of nitrogens with zero attached hydrogens (tertiary/aromatic N) is 1. The highest BCUT2D eigenvalue weighted by molar-refractivity contribution is 5.83. The lowest BCUT2D eigenvalue weighted by atomic mass is 9.86. The molecule has 0 bridgehead atoms. The molecule has 1 aromatic carbocycles. The van der Waals surface area contributed by atoms with Gasteiger partial charge in [-0.05, 0) is 58.2 Å². The number of rotatable bonds is 19. The number of ether oxygens (including phenoxy) is 3. The number of aliphatic hydroxyl groups excluding tert-OH is 1. The number of alkyl halides is 1. The standard InChI is InChI=1S/C29H50F2N4O6/c1-18(2)21(26(37)34-17-28(5,6)27(33)38)15-24(36)23(32)16-35(19(3)4)29(31,40-8)20-10-11-22(30)25(14-20)41-13-9-12-39-7/h10-11,14,18-19,21,23-24,36H,9,12-13,15-17,32H2,1-8H3,(H2,33,38)(H,34,37)/t21-,23-,24-,29?/m0/s1. The van der Waals surface area contributed by atoms with Gasteiger partial charge in [0.25, 0.3) is 5.98 Å². The molecule has 12 heteroatoms. The Labute approximate surface area is 243 Å². The summed E-state index contributed by atoms with van der Waals surface area (Å²) in [6, 6.07) is 2.20. The average Bonchev–Trinajstić information content (AvgIpc) is 2.91. The smallest absolute Gasteiger partial charge is 0.296 e. The van der Waals surface area contributed by atoms with Gasteiger partial charge in [-0.1, -0.05) is 13.8 Å². The van der Waals surface area contributed by atoms with Crippen molar-refractivity contribution in [2.45, 2.75) is 78.6 Å². The molecule has 4 atom stereocenters. The van der Waals surface area contributed by atoms with Crippen LogP contribution in [0.3, 0.4) is 0 Å². The average molecular weight is 589 g/mol. The predicted molar refractivity (Wildman–Crippen MR) is 153 cm³/mol. The van der Waals surface area contributed by atoms with Gasteiger partial charge in [0.05, 0.1) is 18.1 Å². The van der Waals surface area contributed by atoms with Gasteiger partial charge in [0.2, 0.25) is 11.8 Å². The number of amides is 2. The second kappa shape index (κ2) is 16.3. The van der Waals surface area contributed by atoms with Crippen LogP contribution in [0.25, 0.3) is 0 Å². The minimum Gasteiger partial charge on any atom is -0.490 e. The van der Waals surface area contributed by atoms with E-state index in [2.05, 4.69) is 5.32 Å². The first-order chi connectivity index (χ1) is 19.0. The Balaban J connectivity index is 3.10. The molecule has 0 fully saturated rings. The monoisotopic (exact) mass is 588 g/mol. The van der Waals surface area contributed by atoms with Crippen LogP contribution in [0.4, 0.5) is 8.78 Å². The molecule has 0 spiro atoms. The van der Waals surface area contributed by atoms with Gasteiger partial charge >= 0.3 is 0 Å². The largest absolute Gasteiger partial charge is 0.490 e. The van der Waals surface area contributed by atoms with E-state index in [0.717, 1.165) is 6.07 Å². The molecule has 0 saturated heterocycles. The van der Waals surface area contributed by atoms with E-state index in [-0.39, 0.29) is 49.3 Å². The van der Waals surface area contributed by atoms with Gasteiger partial charge in [0.15, 0.2) is 11.6 Å². The Morgan fingerprint density at radius 3 is 2.29 bits per heavy atom. The number of nitrogens with two attached hydrogens (primary N) is 2. The lowest BCUT2D eigenvalue weighted by Gasteiger charge is -2.41. The summed E-state index contributed by atoms with van der Waals surface area (Å²) in [6.45, 7) is 10.9. The number of methoxy groups -OCH3 is 2. The van der Waals surface area contributed by atoms with Crippen LogP contribution in [0.15, 0.2) is 18.2 Å². The van der Waals surface area contributed by atoms with Gasteiger partial charge < -0.3 is 36.1 Å². The van der Waals surface area contributed by atoms with Crippen LogP contribution in [0.2, 0.25) is 0 Å². The second-order valence-electron chi connectivity index (χ2n) is 11.6. The minimum atomic E-state index is -2.53. The van der Waals surface area contributed by atoms with Gasteiger partial charge in [0.1, 0.15) is 0 Å². The van der Waals surface area contributed by atoms with E-state index in [1.54, 1.807) is 34.8 Å². The number of nitrogens with one attached hydrogen (secondary N) is 1. The molecule has 0 heterocycles. The third-order valence-corrected chi connectivity index (χ3v) is 7.21. The Bertz CT molecular complexity index is 981. The Morgan fingerprint density at radius 1 is 1.15 bits per heavy atom. The summed E-state index contributed by atoms with van der Waals surface area (Å²) in [7, 11) is 2.73. The van der Waals surface area contributed by atoms with Crippen LogP contribution >= 0.6 is 0 Å². The molecule has 10 nitrogen and oxygen atoms in total. The number of primary amides is 1. The van der Waals surface area contributed by atoms with Crippen molar-refractivity contribution in [2.24, 2.45) is 28.7 Å². The van der Waals surface area contributed by atoms with Crippen molar-refractivity contribution in [2.75, 3.05) is 40.5 Å². The van der Waals surface area contributed by atoms with Crippen molar-refractivity contribution in [3.8, 4) is 5.75 Å². The van der Waals surface area contributed by atoms with Crippen LogP contribution in [-0.4, -0.2) is 80.5 Å². The summed E-state index contributed by atoms with van der Waals surface area (Å²) in [4.78, 5) is 25.9. The van der Waals surface area contributed by atoms with Gasteiger partial charge in [-0.3, -0.25) is 9.59 Å². The van der Waals surface area contributed by atoms with Crippen LogP contribution in [0.1, 0.15) is 59.9 Å². The SMILES string of the molecule is COCCCOc1cc(C(F)(OC)N(C[C@H](N)[C@@H](O)C[C@H](C(=O)NCC(C)(C)C(N)=O)C(C)C)C(C)C)ccc1F. The van der Waals surface area contributed by atoms with Gasteiger partial charge in [-0.25, -0.2) is 9.29 Å². The molecule has 41 heavy (non-hydrogen) atoms. The van der Waals surface area contributed by atoms with E-state index in [9.17, 15) is 19.1 Å². The molecule has 236 valence electrons. The second-order valence-corrected chi connectivity index (χ2v) is 11.6. The highest BCUT2D eigenvalue weighted by Crippen LogP contribution is 2.36. The Morgan fingerprint density at radius 2 is 1.78 bits per heavy atom. The summed E-state index contributed by atoms with van der Waals surface area (Å²) in [6.07, 6.45) is -0.642. The van der Waals surface area contributed by atoms with Crippen molar-refractivity contribution < 1.29 is 37.7 Å². The molecule has 1 rings (SSSR count). The summed E-state index contributed by atoms with van der Waals surface area (Å²) >= 11 is 0. The molecule has 1 unspecified atom stereocenters. The molecular weight excluding hydrogens is 538 g/mol. The lowest BCUT2D eigenvalue weighted by molar-refractivity contribution is -0.251. The topological polar surface area (TPSA) is 149 Å². The van der Waals surface area contributed by atoms with Gasteiger partial charge in [-0.2, -0.15) is 4.39 Å².